The van der Waals surface area contributed by atoms with Crippen molar-refractivity contribution in [3.05, 3.63) is 60.4 Å². The van der Waals surface area contributed by atoms with Crippen molar-refractivity contribution in [2.45, 2.75) is 38.5 Å². The molecule has 3 aromatic rings. The number of carbonyl (C=O) groups is 1. The minimum atomic E-state index is 0.247. The topological polar surface area (TPSA) is 85.0 Å². The summed E-state index contributed by atoms with van der Waals surface area (Å²) in [5.74, 6) is 1.64. The second-order valence-corrected chi connectivity index (χ2v) is 7.49. The SMILES string of the molecule is O=C(CCCc1ccccc1)N1CCC[C@H](Cc2nc(-c3cnccn3)no2)C1. The molecule has 4 rings (SSSR count). The van der Waals surface area contributed by atoms with Gasteiger partial charge in [0.1, 0.15) is 5.69 Å². The number of carbonyl (C=O) groups excluding carboxylic acids is 1. The summed E-state index contributed by atoms with van der Waals surface area (Å²) in [4.78, 5) is 27.3. The van der Waals surface area contributed by atoms with Crippen LogP contribution in [0.15, 0.2) is 53.4 Å². The highest BCUT2D eigenvalue weighted by Gasteiger charge is 2.25. The molecular formula is C22H25N5O2. The molecule has 1 aromatic carbocycles. The first-order valence-corrected chi connectivity index (χ1v) is 10.2. The standard InChI is InChI=1S/C22H25N5O2/c28-21(10-4-8-17-6-2-1-3-7-17)27-13-5-9-18(16-27)14-20-25-22(26-29-20)19-15-23-11-12-24-19/h1-3,6-7,11-12,15,18H,4-5,8-10,13-14,16H2/t18-/m1/s1. The van der Waals surface area contributed by atoms with Crippen LogP contribution in [0.25, 0.3) is 11.5 Å². The fourth-order valence-electron chi connectivity index (χ4n) is 3.81. The van der Waals surface area contributed by atoms with Crippen molar-refractivity contribution in [2.24, 2.45) is 5.92 Å². The Morgan fingerprint density at radius 1 is 1.21 bits per heavy atom. The smallest absolute Gasteiger partial charge is 0.227 e. The Balaban J connectivity index is 1.27. The van der Waals surface area contributed by atoms with Gasteiger partial charge in [-0.3, -0.25) is 9.78 Å². The molecular weight excluding hydrogens is 366 g/mol. The third kappa shape index (κ3) is 5.25. The number of aromatic nitrogens is 4. The lowest BCUT2D eigenvalue weighted by atomic mass is 9.94. The summed E-state index contributed by atoms with van der Waals surface area (Å²) in [6.45, 7) is 1.60. The molecule has 1 aliphatic heterocycles. The third-order valence-corrected chi connectivity index (χ3v) is 5.29. The maximum atomic E-state index is 12.6. The van der Waals surface area contributed by atoms with Gasteiger partial charge in [0.15, 0.2) is 0 Å². The van der Waals surface area contributed by atoms with Crippen molar-refractivity contribution in [3.63, 3.8) is 0 Å². The molecule has 0 bridgehead atoms. The van der Waals surface area contributed by atoms with Crippen molar-refractivity contribution >= 4 is 5.91 Å². The Kier molecular flexibility index (Phi) is 6.24. The Labute approximate surface area is 170 Å². The number of rotatable bonds is 7. The average molecular weight is 391 g/mol. The quantitative estimate of drug-likeness (QED) is 0.614. The van der Waals surface area contributed by atoms with Crippen LogP contribution in [0.4, 0.5) is 0 Å². The molecule has 0 radical (unpaired) electrons. The van der Waals surface area contributed by atoms with Gasteiger partial charge in [-0.25, -0.2) is 4.98 Å². The van der Waals surface area contributed by atoms with E-state index in [9.17, 15) is 4.79 Å². The minimum absolute atomic E-state index is 0.247. The number of piperidine rings is 1. The average Bonchev–Trinajstić information content (AvgIpc) is 3.24. The maximum Gasteiger partial charge on any atom is 0.227 e. The first-order chi connectivity index (χ1) is 14.3. The van der Waals surface area contributed by atoms with Crippen LogP contribution >= 0.6 is 0 Å². The van der Waals surface area contributed by atoms with E-state index in [4.69, 9.17) is 4.52 Å². The highest BCUT2D eigenvalue weighted by Crippen LogP contribution is 2.22. The number of aryl methyl sites for hydroxylation is 1. The molecule has 1 fully saturated rings. The lowest BCUT2D eigenvalue weighted by Crippen LogP contribution is -2.40. The predicted molar refractivity (Wildman–Crippen MR) is 108 cm³/mol. The van der Waals surface area contributed by atoms with Crippen LogP contribution in [0.1, 0.15) is 37.1 Å². The van der Waals surface area contributed by atoms with Crippen molar-refractivity contribution in [1.29, 1.82) is 0 Å². The molecule has 0 aliphatic carbocycles. The summed E-state index contributed by atoms with van der Waals surface area (Å²) in [5, 5.41) is 4.01. The molecule has 7 nitrogen and oxygen atoms in total. The number of nitrogens with zero attached hydrogens (tertiary/aromatic N) is 5. The summed E-state index contributed by atoms with van der Waals surface area (Å²) in [7, 11) is 0. The zero-order valence-electron chi connectivity index (χ0n) is 16.4. The van der Waals surface area contributed by atoms with Crippen molar-refractivity contribution < 1.29 is 9.32 Å². The molecule has 0 spiro atoms. The normalized spacial score (nSPS) is 16.7. The van der Waals surface area contributed by atoms with E-state index in [0.717, 1.165) is 38.8 Å². The first-order valence-electron chi connectivity index (χ1n) is 10.2. The molecule has 1 atom stereocenters. The molecule has 0 N–H and O–H groups in total. The fourth-order valence-corrected chi connectivity index (χ4v) is 3.81. The summed E-state index contributed by atoms with van der Waals surface area (Å²) in [6, 6.07) is 10.3. The lowest BCUT2D eigenvalue weighted by molar-refractivity contribution is -0.133. The van der Waals surface area contributed by atoms with E-state index < -0.39 is 0 Å². The van der Waals surface area contributed by atoms with Crippen LogP contribution < -0.4 is 0 Å². The summed E-state index contributed by atoms with van der Waals surface area (Å²) >= 11 is 0. The van der Waals surface area contributed by atoms with E-state index in [1.807, 2.05) is 23.1 Å². The van der Waals surface area contributed by atoms with Gasteiger partial charge in [0.25, 0.3) is 0 Å². The van der Waals surface area contributed by atoms with Crippen LogP contribution in [0.5, 0.6) is 0 Å². The zero-order chi connectivity index (χ0) is 19.9. The predicted octanol–water partition coefficient (Wildman–Crippen LogP) is 3.33. The Bertz CT molecular complexity index is 913. The third-order valence-electron chi connectivity index (χ3n) is 5.29. The molecule has 3 heterocycles. The van der Waals surface area contributed by atoms with Gasteiger partial charge in [0, 0.05) is 38.3 Å². The number of likely N-dealkylation sites (tertiary alicyclic amines) is 1. The summed E-state index contributed by atoms with van der Waals surface area (Å²) in [6.07, 6.45) is 10.0. The number of benzene rings is 1. The van der Waals surface area contributed by atoms with E-state index >= 15 is 0 Å². The van der Waals surface area contributed by atoms with Gasteiger partial charge < -0.3 is 9.42 Å². The molecule has 1 amide bonds. The molecule has 1 saturated heterocycles. The van der Waals surface area contributed by atoms with Crippen molar-refractivity contribution in [3.8, 4) is 11.5 Å². The van der Waals surface area contributed by atoms with Gasteiger partial charge in [-0.05, 0) is 37.2 Å². The van der Waals surface area contributed by atoms with E-state index in [2.05, 4.69) is 32.2 Å². The van der Waals surface area contributed by atoms with Crippen LogP contribution in [-0.4, -0.2) is 44.0 Å². The molecule has 2 aromatic heterocycles. The molecule has 0 saturated carbocycles. The van der Waals surface area contributed by atoms with Gasteiger partial charge in [-0.1, -0.05) is 35.5 Å². The number of hydrogen-bond acceptors (Lipinski definition) is 6. The molecule has 1 aliphatic rings. The van der Waals surface area contributed by atoms with E-state index in [-0.39, 0.29) is 5.91 Å². The van der Waals surface area contributed by atoms with Crippen LogP contribution in [0.2, 0.25) is 0 Å². The Morgan fingerprint density at radius 2 is 2.10 bits per heavy atom. The fraction of sp³-hybridized carbons (Fsp3) is 0.409. The number of hydrogen-bond donors (Lipinski definition) is 0. The van der Waals surface area contributed by atoms with Crippen molar-refractivity contribution in [2.75, 3.05) is 13.1 Å². The first kappa shape index (κ1) is 19.2. The molecule has 7 heteroatoms. The van der Waals surface area contributed by atoms with Crippen LogP contribution in [-0.2, 0) is 17.6 Å². The van der Waals surface area contributed by atoms with Gasteiger partial charge >= 0.3 is 0 Å². The van der Waals surface area contributed by atoms with Gasteiger partial charge in [-0.2, -0.15) is 4.98 Å². The largest absolute Gasteiger partial charge is 0.342 e. The van der Waals surface area contributed by atoms with Crippen LogP contribution in [0, 0.1) is 5.92 Å². The summed E-state index contributed by atoms with van der Waals surface area (Å²) < 4.78 is 5.40. The monoisotopic (exact) mass is 391 g/mol. The van der Waals surface area contributed by atoms with E-state index in [1.165, 1.54) is 5.56 Å². The highest BCUT2D eigenvalue weighted by atomic mass is 16.5. The van der Waals surface area contributed by atoms with Gasteiger partial charge in [0.05, 0.1) is 6.20 Å². The zero-order valence-corrected chi connectivity index (χ0v) is 16.4. The summed E-state index contributed by atoms with van der Waals surface area (Å²) in [5.41, 5.74) is 1.88. The molecule has 0 unspecified atom stereocenters. The second-order valence-electron chi connectivity index (χ2n) is 7.49. The Morgan fingerprint density at radius 3 is 2.93 bits per heavy atom. The molecule has 29 heavy (non-hydrogen) atoms. The van der Waals surface area contributed by atoms with Gasteiger partial charge in [0.2, 0.25) is 17.6 Å². The van der Waals surface area contributed by atoms with Crippen LogP contribution in [0.3, 0.4) is 0 Å². The van der Waals surface area contributed by atoms with Gasteiger partial charge in [-0.15, -0.1) is 0 Å². The molecule has 150 valence electrons. The maximum absolute atomic E-state index is 12.6. The van der Waals surface area contributed by atoms with E-state index in [0.29, 0.717) is 36.2 Å². The van der Waals surface area contributed by atoms with Crippen molar-refractivity contribution in [1.82, 2.24) is 25.0 Å². The highest BCUT2D eigenvalue weighted by molar-refractivity contribution is 5.76. The van der Waals surface area contributed by atoms with E-state index in [1.54, 1.807) is 18.6 Å². The second kappa shape index (κ2) is 9.41. The minimum Gasteiger partial charge on any atom is -0.342 e. The lowest BCUT2D eigenvalue weighted by Gasteiger charge is -2.32. The Hall–Kier alpha value is -3.09. The number of amides is 1.